The third-order valence-electron chi connectivity index (χ3n) is 4.84. The van der Waals surface area contributed by atoms with Gasteiger partial charge < -0.3 is 20.5 Å². The zero-order valence-corrected chi connectivity index (χ0v) is 16.8. The van der Waals surface area contributed by atoms with Crippen LogP contribution in [0.1, 0.15) is 5.56 Å². The number of aromatic nitrogens is 2. The van der Waals surface area contributed by atoms with Crippen LogP contribution >= 0.6 is 7.82 Å². The van der Waals surface area contributed by atoms with Crippen LogP contribution in [0.25, 0.3) is 0 Å². The van der Waals surface area contributed by atoms with Gasteiger partial charge in [0.2, 0.25) is 5.95 Å². The molecule has 3 heterocycles. The van der Waals surface area contributed by atoms with Gasteiger partial charge in [0, 0.05) is 11.6 Å². The lowest BCUT2D eigenvalue weighted by molar-refractivity contribution is -0.227. The maximum atomic E-state index is 15.5. The molecule has 2 aliphatic heterocycles. The number of hydrogen-bond donors (Lipinski definition) is 3. The van der Waals surface area contributed by atoms with Crippen LogP contribution < -0.4 is 15.9 Å². The number of aliphatic hydroxyl groups is 2. The predicted octanol–water partition coefficient (Wildman–Crippen LogP) is 0.293. The largest absolute Gasteiger partial charge is 0.530 e. The van der Waals surface area contributed by atoms with Crippen molar-refractivity contribution in [3.05, 3.63) is 52.3 Å². The first-order chi connectivity index (χ1) is 15.0. The second kappa shape index (κ2) is 7.59. The molecule has 0 saturated carbocycles. The SMILES string of the molecule is N#C[C@@]1(n2c(F)cc(N)nc2=O)O[C@](F)(COP2(=O)OCc3ccccc3O2)[C@@H](O)[C@H]1O. The van der Waals surface area contributed by atoms with Crippen LogP contribution in [-0.4, -0.2) is 44.4 Å². The zero-order chi connectivity index (χ0) is 23.3. The Hall–Kier alpha value is -2.92. The van der Waals surface area contributed by atoms with Gasteiger partial charge in [0.05, 0.1) is 6.61 Å². The summed E-state index contributed by atoms with van der Waals surface area (Å²) in [6, 6.07) is 8.15. The summed E-state index contributed by atoms with van der Waals surface area (Å²) < 4.78 is 62.4. The summed E-state index contributed by atoms with van der Waals surface area (Å²) >= 11 is 0. The number of alkyl halides is 1. The average molecular weight is 472 g/mol. The molecule has 1 unspecified atom stereocenters. The zero-order valence-electron chi connectivity index (χ0n) is 15.9. The number of phosphoric acid groups is 1. The van der Waals surface area contributed by atoms with Gasteiger partial charge in [-0.25, -0.2) is 18.3 Å². The van der Waals surface area contributed by atoms with Crippen molar-refractivity contribution in [2.24, 2.45) is 0 Å². The number of nitrogens with two attached hydrogens (primary N) is 1. The number of phosphoric ester groups is 1. The second-order valence-electron chi connectivity index (χ2n) is 6.90. The molecule has 15 heteroatoms. The fourth-order valence-electron chi connectivity index (χ4n) is 3.27. The molecule has 0 spiro atoms. The molecule has 2 aliphatic rings. The summed E-state index contributed by atoms with van der Waals surface area (Å²) in [5, 5.41) is 30.1. The fraction of sp³-hybridized carbons (Fsp3) is 0.353. The van der Waals surface area contributed by atoms with E-state index in [9.17, 15) is 29.2 Å². The molecule has 1 fully saturated rings. The van der Waals surface area contributed by atoms with Crippen LogP contribution in [0.2, 0.25) is 0 Å². The van der Waals surface area contributed by atoms with Gasteiger partial charge in [0.15, 0.2) is 0 Å². The first kappa shape index (κ1) is 22.3. The molecule has 4 N–H and O–H groups in total. The number of fused-ring (bicyclic) bond motifs is 1. The van der Waals surface area contributed by atoms with E-state index < -0.39 is 55.7 Å². The van der Waals surface area contributed by atoms with Gasteiger partial charge in [0.25, 0.3) is 11.6 Å². The minimum absolute atomic E-state index is 0.107. The highest BCUT2D eigenvalue weighted by Gasteiger charge is 2.67. The van der Waals surface area contributed by atoms with Gasteiger partial charge in [-0.15, -0.1) is 0 Å². The molecule has 4 rings (SSSR count). The first-order valence-electron chi connectivity index (χ1n) is 8.92. The third kappa shape index (κ3) is 3.45. The Morgan fingerprint density at radius 2 is 2.12 bits per heavy atom. The summed E-state index contributed by atoms with van der Waals surface area (Å²) in [4.78, 5) is 15.3. The quantitative estimate of drug-likeness (QED) is 0.411. The van der Waals surface area contributed by atoms with E-state index in [-0.39, 0.29) is 16.9 Å². The van der Waals surface area contributed by atoms with Gasteiger partial charge in [-0.1, -0.05) is 18.2 Å². The van der Waals surface area contributed by atoms with Crippen LogP contribution in [0.15, 0.2) is 35.1 Å². The summed E-state index contributed by atoms with van der Waals surface area (Å²) in [5.74, 6) is -5.34. The molecule has 1 aromatic carbocycles. The predicted molar refractivity (Wildman–Crippen MR) is 98.8 cm³/mol. The summed E-state index contributed by atoms with van der Waals surface area (Å²) in [6.45, 7) is -1.58. The Kier molecular flexibility index (Phi) is 5.29. The summed E-state index contributed by atoms with van der Waals surface area (Å²) in [7, 11) is -4.40. The summed E-state index contributed by atoms with van der Waals surface area (Å²) in [5.41, 5.74) is 1.21. The lowest BCUT2D eigenvalue weighted by Gasteiger charge is -2.29. The molecular weight excluding hydrogens is 457 g/mol. The van der Waals surface area contributed by atoms with Gasteiger partial charge in [-0.3, -0.25) is 13.8 Å². The van der Waals surface area contributed by atoms with Crippen LogP contribution in [0.3, 0.4) is 0 Å². The lowest BCUT2D eigenvalue weighted by atomic mass is 10.0. The highest BCUT2D eigenvalue weighted by Crippen LogP contribution is 2.56. The number of aliphatic hydroxyl groups excluding tert-OH is 2. The number of ether oxygens (including phenoxy) is 1. The highest BCUT2D eigenvalue weighted by atomic mass is 31.2. The standard InChI is InChI=1S/C17H15F2N4O8P/c18-11-5-12(21)22-15(26)23(11)17(7-20)14(25)13(24)16(19,31-17)8-29-32(27)28-6-9-3-1-2-4-10(9)30-32/h1-5,13-14,24-25H,6,8H2,(H2,21,22,26)/t13-,14+,16+,17+,32?/m0/s1. The van der Waals surface area contributed by atoms with Crippen LogP contribution in [0.4, 0.5) is 14.6 Å². The third-order valence-corrected chi connectivity index (χ3v) is 6.15. The van der Waals surface area contributed by atoms with Crippen molar-refractivity contribution in [1.82, 2.24) is 9.55 Å². The van der Waals surface area contributed by atoms with Crippen LogP contribution in [-0.2, 0) is 30.7 Å². The van der Waals surface area contributed by atoms with Gasteiger partial charge in [0.1, 0.15) is 36.5 Å². The molecule has 0 bridgehead atoms. The van der Waals surface area contributed by atoms with Crippen LogP contribution in [0.5, 0.6) is 5.75 Å². The number of anilines is 1. The fourth-order valence-corrected chi connectivity index (χ4v) is 4.50. The Bertz CT molecular complexity index is 1220. The first-order valence-corrected chi connectivity index (χ1v) is 10.4. The molecule has 5 atom stereocenters. The van der Waals surface area contributed by atoms with Crippen molar-refractivity contribution < 1.29 is 41.9 Å². The molecule has 2 aromatic rings. The van der Waals surface area contributed by atoms with Crippen molar-refractivity contribution in [2.45, 2.75) is 30.4 Å². The molecule has 0 radical (unpaired) electrons. The lowest BCUT2D eigenvalue weighted by Crippen LogP contribution is -2.51. The number of hydrogen-bond acceptors (Lipinski definition) is 11. The van der Waals surface area contributed by atoms with E-state index in [2.05, 4.69) is 4.98 Å². The number of halogens is 2. The van der Waals surface area contributed by atoms with E-state index in [0.717, 1.165) is 0 Å². The Balaban J connectivity index is 1.62. The number of nitrogen functional groups attached to an aromatic ring is 1. The molecule has 0 aliphatic carbocycles. The van der Waals surface area contributed by atoms with Gasteiger partial charge >= 0.3 is 13.5 Å². The monoisotopic (exact) mass is 472 g/mol. The highest BCUT2D eigenvalue weighted by molar-refractivity contribution is 7.49. The number of rotatable bonds is 4. The maximum absolute atomic E-state index is 15.5. The molecule has 12 nitrogen and oxygen atoms in total. The minimum Gasteiger partial charge on any atom is -0.404 e. The topological polar surface area (TPSA) is 179 Å². The number of para-hydroxylation sites is 1. The minimum atomic E-state index is -4.40. The smallest absolute Gasteiger partial charge is 0.404 e. The molecular formula is C17H15F2N4O8P. The van der Waals surface area contributed by atoms with Crippen LogP contribution in [0, 0.1) is 17.3 Å². The van der Waals surface area contributed by atoms with E-state index in [1.54, 1.807) is 18.2 Å². The Morgan fingerprint density at radius 3 is 2.81 bits per heavy atom. The number of benzene rings is 1. The maximum Gasteiger partial charge on any atom is 0.530 e. The van der Waals surface area contributed by atoms with Crippen molar-refractivity contribution >= 4 is 13.6 Å². The van der Waals surface area contributed by atoms with E-state index in [4.69, 9.17) is 24.0 Å². The molecule has 1 saturated heterocycles. The van der Waals surface area contributed by atoms with E-state index >= 15 is 4.39 Å². The van der Waals surface area contributed by atoms with E-state index in [0.29, 0.717) is 11.6 Å². The van der Waals surface area contributed by atoms with E-state index in [1.165, 1.54) is 12.1 Å². The van der Waals surface area contributed by atoms with E-state index in [1.807, 2.05) is 0 Å². The van der Waals surface area contributed by atoms with Crippen molar-refractivity contribution in [3.63, 3.8) is 0 Å². The van der Waals surface area contributed by atoms with Crippen molar-refractivity contribution in [3.8, 4) is 11.8 Å². The number of nitriles is 1. The molecule has 170 valence electrons. The summed E-state index contributed by atoms with van der Waals surface area (Å²) in [6.07, 6.45) is -5.04. The second-order valence-corrected chi connectivity index (χ2v) is 8.49. The average Bonchev–Trinajstić information content (AvgIpc) is 2.94. The molecule has 0 amide bonds. The number of nitrogens with zero attached hydrogens (tertiary/aromatic N) is 3. The van der Waals surface area contributed by atoms with Crippen molar-refractivity contribution in [2.75, 3.05) is 12.3 Å². The molecule has 32 heavy (non-hydrogen) atoms. The molecule has 1 aromatic heterocycles. The normalized spacial score (nSPS) is 33.8. The van der Waals surface area contributed by atoms with Gasteiger partial charge in [-0.05, 0) is 6.07 Å². The Labute approximate surface area is 177 Å². The van der Waals surface area contributed by atoms with Crippen molar-refractivity contribution in [1.29, 1.82) is 5.26 Å². The Morgan fingerprint density at radius 1 is 1.41 bits per heavy atom. The van der Waals surface area contributed by atoms with Gasteiger partial charge in [-0.2, -0.15) is 14.6 Å².